The van der Waals surface area contributed by atoms with Crippen molar-refractivity contribution < 1.29 is 14.2 Å². The molecular formula is C23H20ClIN4O3. The molecule has 2 aromatic carbocycles. The Morgan fingerprint density at radius 2 is 2.03 bits per heavy atom. The number of hydrogen-bond donors (Lipinski definition) is 2. The fraction of sp³-hybridized carbons (Fsp3) is 0.217. The lowest BCUT2D eigenvalue weighted by atomic mass is 9.84. The van der Waals surface area contributed by atoms with E-state index in [0.29, 0.717) is 41.2 Å². The maximum atomic E-state index is 9.81. The van der Waals surface area contributed by atoms with Crippen LogP contribution in [0, 0.1) is 21.8 Å². The lowest BCUT2D eigenvalue weighted by molar-refractivity contribution is 0.267. The van der Waals surface area contributed by atoms with E-state index in [1.165, 1.54) is 0 Å². The van der Waals surface area contributed by atoms with Gasteiger partial charge in [0.2, 0.25) is 11.8 Å². The first-order chi connectivity index (χ1) is 15.4. The van der Waals surface area contributed by atoms with Crippen LogP contribution in [0.1, 0.15) is 35.2 Å². The van der Waals surface area contributed by atoms with Crippen LogP contribution in [0.2, 0.25) is 5.02 Å². The predicted octanol–water partition coefficient (Wildman–Crippen LogP) is 5.17. The van der Waals surface area contributed by atoms with Crippen molar-refractivity contribution in [2.45, 2.75) is 26.4 Å². The number of fused-ring (bicyclic) bond motifs is 1. The zero-order chi connectivity index (χ0) is 22.8. The first-order valence-corrected chi connectivity index (χ1v) is 11.3. The third-order valence-electron chi connectivity index (χ3n) is 5.09. The molecule has 3 aromatic rings. The number of nitrogens with zero attached hydrogens (tertiary/aromatic N) is 2. The number of rotatable bonds is 6. The summed E-state index contributed by atoms with van der Waals surface area (Å²) in [6.07, 6.45) is 0. The third kappa shape index (κ3) is 4.23. The second-order valence-corrected chi connectivity index (χ2v) is 8.77. The Morgan fingerprint density at radius 1 is 1.28 bits per heavy atom. The van der Waals surface area contributed by atoms with Gasteiger partial charge in [-0.15, -0.1) is 5.10 Å². The number of nitriles is 1. The largest absolute Gasteiger partial charge is 0.490 e. The minimum atomic E-state index is -0.430. The van der Waals surface area contributed by atoms with E-state index >= 15 is 0 Å². The molecule has 0 radical (unpaired) electrons. The van der Waals surface area contributed by atoms with Gasteiger partial charge in [0.25, 0.3) is 0 Å². The number of allylic oxidation sites excluding steroid dienone is 1. The maximum Gasteiger partial charge on any atom is 0.244 e. The van der Waals surface area contributed by atoms with Gasteiger partial charge in [-0.1, -0.05) is 23.7 Å². The highest BCUT2D eigenvalue weighted by atomic mass is 127. The number of aryl methyl sites for hydroxylation is 1. The summed E-state index contributed by atoms with van der Waals surface area (Å²) in [6.45, 7) is 4.62. The minimum Gasteiger partial charge on any atom is -0.490 e. The van der Waals surface area contributed by atoms with Crippen molar-refractivity contribution in [1.29, 1.82) is 5.26 Å². The van der Waals surface area contributed by atoms with Gasteiger partial charge in [0.1, 0.15) is 18.2 Å². The van der Waals surface area contributed by atoms with Gasteiger partial charge in [-0.05, 0) is 71.8 Å². The highest BCUT2D eigenvalue weighted by Crippen LogP contribution is 2.45. The summed E-state index contributed by atoms with van der Waals surface area (Å²) in [5, 5.41) is 17.6. The molecule has 0 bridgehead atoms. The Bertz CT molecular complexity index is 1230. The average molecular weight is 563 g/mol. The van der Waals surface area contributed by atoms with Crippen molar-refractivity contribution in [2.75, 3.05) is 6.61 Å². The van der Waals surface area contributed by atoms with Crippen LogP contribution in [-0.4, -0.2) is 16.8 Å². The highest BCUT2D eigenvalue weighted by molar-refractivity contribution is 14.1. The van der Waals surface area contributed by atoms with E-state index in [4.69, 9.17) is 31.5 Å². The van der Waals surface area contributed by atoms with Crippen LogP contribution in [-0.2, 0) is 6.61 Å². The molecule has 0 saturated heterocycles. The van der Waals surface area contributed by atoms with Gasteiger partial charge in [0, 0.05) is 16.3 Å². The Balaban J connectivity index is 1.75. The summed E-state index contributed by atoms with van der Waals surface area (Å²) >= 11 is 8.19. The van der Waals surface area contributed by atoms with Gasteiger partial charge in [0.15, 0.2) is 11.5 Å². The number of nitrogens with two attached hydrogens (primary N) is 1. The number of ether oxygens (including phenoxy) is 3. The molecule has 0 aliphatic carbocycles. The smallest absolute Gasteiger partial charge is 0.244 e. The molecule has 1 aromatic heterocycles. The predicted molar refractivity (Wildman–Crippen MR) is 129 cm³/mol. The van der Waals surface area contributed by atoms with Crippen LogP contribution in [0.15, 0.2) is 47.9 Å². The van der Waals surface area contributed by atoms with Crippen LogP contribution >= 0.6 is 34.2 Å². The number of hydrogen-bond acceptors (Lipinski definition) is 6. The minimum absolute atomic E-state index is 0.0486. The first-order valence-electron chi connectivity index (χ1n) is 9.88. The van der Waals surface area contributed by atoms with Gasteiger partial charge >= 0.3 is 0 Å². The van der Waals surface area contributed by atoms with E-state index in [2.05, 4.69) is 38.9 Å². The van der Waals surface area contributed by atoms with Crippen molar-refractivity contribution in [3.05, 3.63) is 78.8 Å². The molecule has 2 heterocycles. The molecular weight excluding hydrogens is 543 g/mol. The van der Waals surface area contributed by atoms with Crippen molar-refractivity contribution >= 4 is 34.2 Å². The molecule has 1 atom stereocenters. The number of H-pyrrole nitrogens is 1. The van der Waals surface area contributed by atoms with E-state index in [1.807, 2.05) is 50.2 Å². The second kappa shape index (κ2) is 9.30. The molecule has 0 saturated carbocycles. The third-order valence-corrected chi connectivity index (χ3v) is 6.14. The molecule has 0 unspecified atom stereocenters. The summed E-state index contributed by atoms with van der Waals surface area (Å²) in [6, 6.07) is 13.5. The van der Waals surface area contributed by atoms with Crippen molar-refractivity contribution in [3.63, 3.8) is 0 Å². The molecule has 0 fully saturated rings. The van der Waals surface area contributed by atoms with Crippen LogP contribution in [0.4, 0.5) is 0 Å². The molecule has 1 aliphatic heterocycles. The number of aromatic nitrogens is 2. The summed E-state index contributed by atoms with van der Waals surface area (Å²) < 4.78 is 18.4. The van der Waals surface area contributed by atoms with E-state index in [0.717, 1.165) is 26.0 Å². The molecule has 3 N–H and O–H groups in total. The van der Waals surface area contributed by atoms with E-state index < -0.39 is 5.92 Å². The van der Waals surface area contributed by atoms with Crippen LogP contribution in [0.25, 0.3) is 0 Å². The van der Waals surface area contributed by atoms with Gasteiger partial charge < -0.3 is 19.9 Å². The molecule has 0 spiro atoms. The van der Waals surface area contributed by atoms with E-state index in [1.54, 1.807) is 0 Å². The van der Waals surface area contributed by atoms with Gasteiger partial charge in [0.05, 0.1) is 16.1 Å². The Kier molecular flexibility index (Phi) is 6.48. The van der Waals surface area contributed by atoms with E-state index in [9.17, 15) is 5.26 Å². The topological polar surface area (TPSA) is 106 Å². The van der Waals surface area contributed by atoms with Crippen LogP contribution < -0.4 is 19.9 Å². The standard InChI is InChI=1S/C23H20ClIN4O3/c1-3-30-18-9-14(8-17(25)21(18)31-11-13-4-6-15(24)7-5-13)20-16(10-26)22(27)32-23-19(20)12(2)28-29-23/h4-9,20H,3,11,27H2,1-2H3,(H,28,29)/t20-/m0/s1. The summed E-state index contributed by atoms with van der Waals surface area (Å²) in [4.78, 5) is 0. The zero-order valence-corrected chi connectivity index (χ0v) is 20.3. The fourth-order valence-corrected chi connectivity index (χ4v) is 4.53. The SMILES string of the molecule is CCOc1cc([C@H]2C(C#N)=C(N)Oc3n[nH]c(C)c32)cc(I)c1OCc1ccc(Cl)cc1. The summed E-state index contributed by atoms with van der Waals surface area (Å²) in [7, 11) is 0. The normalized spacial score (nSPS) is 15.0. The molecule has 164 valence electrons. The number of halogens is 2. The lowest BCUT2D eigenvalue weighted by Crippen LogP contribution is -2.21. The molecule has 1 aliphatic rings. The molecule has 0 amide bonds. The van der Waals surface area contributed by atoms with E-state index in [-0.39, 0.29) is 5.88 Å². The number of benzene rings is 2. The van der Waals surface area contributed by atoms with Crippen LogP contribution in [0.3, 0.4) is 0 Å². The Hall–Kier alpha value is -2.90. The average Bonchev–Trinajstić information content (AvgIpc) is 3.13. The quantitative estimate of drug-likeness (QED) is 0.402. The molecule has 9 heteroatoms. The molecule has 4 rings (SSSR count). The van der Waals surface area contributed by atoms with Crippen LogP contribution in [0.5, 0.6) is 17.4 Å². The number of aromatic amines is 1. The fourth-order valence-electron chi connectivity index (χ4n) is 3.63. The molecule has 7 nitrogen and oxygen atoms in total. The molecule has 32 heavy (non-hydrogen) atoms. The Labute approximate surface area is 204 Å². The first kappa shape index (κ1) is 22.3. The highest BCUT2D eigenvalue weighted by Gasteiger charge is 2.35. The van der Waals surface area contributed by atoms with Gasteiger partial charge in [-0.3, -0.25) is 5.10 Å². The van der Waals surface area contributed by atoms with Crippen molar-refractivity contribution in [3.8, 4) is 23.4 Å². The number of nitrogens with one attached hydrogen (secondary N) is 1. The Morgan fingerprint density at radius 3 is 2.72 bits per heavy atom. The van der Waals surface area contributed by atoms with Crippen molar-refractivity contribution in [1.82, 2.24) is 10.2 Å². The summed E-state index contributed by atoms with van der Waals surface area (Å²) in [5.41, 5.74) is 9.79. The van der Waals surface area contributed by atoms with Gasteiger partial charge in [-0.25, -0.2) is 0 Å². The zero-order valence-electron chi connectivity index (χ0n) is 17.4. The maximum absolute atomic E-state index is 9.81. The van der Waals surface area contributed by atoms with Crippen molar-refractivity contribution in [2.24, 2.45) is 5.73 Å². The van der Waals surface area contributed by atoms with Gasteiger partial charge in [-0.2, -0.15) is 5.26 Å². The lowest BCUT2D eigenvalue weighted by Gasteiger charge is -2.25. The summed E-state index contributed by atoms with van der Waals surface area (Å²) in [5.74, 6) is 1.22. The monoisotopic (exact) mass is 562 g/mol. The second-order valence-electron chi connectivity index (χ2n) is 7.17.